The van der Waals surface area contributed by atoms with Gasteiger partial charge in [-0.15, -0.1) is 24.0 Å². The minimum absolute atomic E-state index is 0. The van der Waals surface area contributed by atoms with Crippen molar-refractivity contribution >= 4 is 29.9 Å². The van der Waals surface area contributed by atoms with Gasteiger partial charge in [-0.2, -0.15) is 0 Å². The molecule has 2 aromatic heterocycles. The van der Waals surface area contributed by atoms with Gasteiger partial charge in [0.05, 0.1) is 0 Å². The Balaban J connectivity index is 0.00000220. The summed E-state index contributed by atoms with van der Waals surface area (Å²) in [7, 11) is 3.80. The minimum atomic E-state index is 0. The van der Waals surface area contributed by atoms with E-state index in [2.05, 4.69) is 32.9 Å². The highest BCUT2D eigenvalue weighted by atomic mass is 127. The van der Waals surface area contributed by atoms with Crippen molar-refractivity contribution in [3.63, 3.8) is 0 Å². The van der Waals surface area contributed by atoms with Crippen LogP contribution in [0.5, 0.6) is 0 Å². The first-order valence-corrected chi connectivity index (χ1v) is 6.73. The monoisotopic (exact) mass is 399 g/mol. The molecule has 0 unspecified atom stereocenters. The Morgan fingerprint density at radius 2 is 2.14 bits per heavy atom. The fraction of sp³-hybridized carbons (Fsp3) is 0.333. The van der Waals surface area contributed by atoms with E-state index in [1.165, 1.54) is 5.56 Å². The van der Waals surface area contributed by atoms with E-state index in [1.54, 1.807) is 7.05 Å². The number of hydrogen-bond acceptors (Lipinski definition) is 2. The van der Waals surface area contributed by atoms with Crippen LogP contribution in [0.1, 0.15) is 11.3 Å². The van der Waals surface area contributed by atoms with E-state index in [-0.39, 0.29) is 24.0 Å². The van der Waals surface area contributed by atoms with Crippen LogP contribution in [0, 0.1) is 0 Å². The van der Waals surface area contributed by atoms with Crippen molar-refractivity contribution in [1.29, 1.82) is 0 Å². The maximum Gasteiger partial charge on any atom is 0.191 e. The predicted octanol–water partition coefficient (Wildman–Crippen LogP) is 1.95. The smallest absolute Gasteiger partial charge is 0.191 e. The molecule has 0 bridgehead atoms. The lowest BCUT2D eigenvalue weighted by Gasteiger charge is -2.11. The molecule has 5 nitrogen and oxygen atoms in total. The van der Waals surface area contributed by atoms with Crippen molar-refractivity contribution in [2.45, 2.75) is 13.0 Å². The number of aliphatic imine (C=N–C) groups is 1. The van der Waals surface area contributed by atoms with Gasteiger partial charge in [0.2, 0.25) is 0 Å². The third-order valence-corrected chi connectivity index (χ3v) is 2.98. The van der Waals surface area contributed by atoms with E-state index in [0.717, 1.165) is 31.2 Å². The van der Waals surface area contributed by atoms with Gasteiger partial charge in [0, 0.05) is 57.9 Å². The van der Waals surface area contributed by atoms with Gasteiger partial charge in [-0.05, 0) is 23.8 Å². The highest BCUT2D eigenvalue weighted by Gasteiger charge is 1.99. The molecule has 0 aliphatic rings. The van der Waals surface area contributed by atoms with Crippen molar-refractivity contribution in [2.75, 3.05) is 13.6 Å². The van der Waals surface area contributed by atoms with E-state index >= 15 is 0 Å². The number of hydrogen-bond donors (Lipinski definition) is 2. The lowest BCUT2D eigenvalue weighted by molar-refractivity contribution is 0.783. The highest BCUT2D eigenvalue weighted by Crippen LogP contribution is 1.98. The van der Waals surface area contributed by atoms with E-state index in [0.29, 0.717) is 0 Å². The molecule has 0 saturated heterocycles. The highest BCUT2D eigenvalue weighted by molar-refractivity contribution is 14.0. The number of aryl methyl sites for hydroxylation is 1. The predicted molar refractivity (Wildman–Crippen MR) is 97.0 cm³/mol. The zero-order valence-corrected chi connectivity index (χ0v) is 14.7. The first-order valence-electron chi connectivity index (χ1n) is 6.73. The van der Waals surface area contributed by atoms with Gasteiger partial charge in [-0.3, -0.25) is 9.98 Å². The Bertz CT molecular complexity index is 550. The third-order valence-electron chi connectivity index (χ3n) is 2.98. The summed E-state index contributed by atoms with van der Waals surface area (Å²) >= 11 is 0. The van der Waals surface area contributed by atoms with Crippen LogP contribution < -0.4 is 10.6 Å². The maximum atomic E-state index is 4.29. The number of nitrogens with one attached hydrogen (secondary N) is 2. The molecule has 0 aromatic carbocycles. The zero-order chi connectivity index (χ0) is 14.2. The molecule has 0 radical (unpaired) electrons. The number of rotatable bonds is 5. The van der Waals surface area contributed by atoms with Crippen LogP contribution in [0.2, 0.25) is 0 Å². The second-order valence-electron chi connectivity index (χ2n) is 4.61. The van der Waals surface area contributed by atoms with Gasteiger partial charge in [0.1, 0.15) is 0 Å². The second-order valence-corrected chi connectivity index (χ2v) is 4.61. The lowest BCUT2D eigenvalue weighted by atomic mass is 10.3. The van der Waals surface area contributed by atoms with E-state index in [1.807, 2.05) is 42.2 Å². The SMILES string of the molecule is CN=C(NCCc1ccccn1)NCc1ccn(C)c1.I. The Kier molecular flexibility index (Phi) is 7.81. The Labute approximate surface area is 142 Å². The summed E-state index contributed by atoms with van der Waals surface area (Å²) in [4.78, 5) is 8.50. The molecule has 0 fully saturated rings. The second kappa shape index (κ2) is 9.38. The van der Waals surface area contributed by atoms with Crippen LogP contribution in [-0.2, 0) is 20.0 Å². The zero-order valence-electron chi connectivity index (χ0n) is 12.4. The van der Waals surface area contributed by atoms with Crippen LogP contribution in [0.15, 0.2) is 47.8 Å². The van der Waals surface area contributed by atoms with Gasteiger partial charge >= 0.3 is 0 Å². The fourth-order valence-electron chi connectivity index (χ4n) is 1.93. The normalized spacial score (nSPS) is 10.9. The summed E-state index contributed by atoms with van der Waals surface area (Å²) in [6.45, 7) is 1.58. The topological polar surface area (TPSA) is 54.2 Å². The van der Waals surface area contributed by atoms with E-state index < -0.39 is 0 Å². The molecule has 2 rings (SSSR count). The maximum absolute atomic E-state index is 4.29. The van der Waals surface area contributed by atoms with Gasteiger partial charge < -0.3 is 15.2 Å². The lowest BCUT2D eigenvalue weighted by Crippen LogP contribution is -2.37. The molecule has 2 aromatic rings. The molecule has 0 amide bonds. The van der Waals surface area contributed by atoms with Crippen LogP contribution in [-0.4, -0.2) is 29.1 Å². The molecule has 0 saturated carbocycles. The van der Waals surface area contributed by atoms with Crippen LogP contribution in [0.25, 0.3) is 0 Å². The van der Waals surface area contributed by atoms with Gasteiger partial charge in [-0.25, -0.2) is 0 Å². The molecular formula is C15H22IN5. The molecule has 0 aliphatic heterocycles. The molecule has 0 atom stereocenters. The van der Waals surface area contributed by atoms with E-state index in [9.17, 15) is 0 Å². The number of aromatic nitrogens is 2. The Hall–Kier alpha value is -1.57. The summed E-state index contributed by atoms with van der Waals surface area (Å²) in [5, 5.41) is 6.58. The molecule has 0 spiro atoms. The fourth-order valence-corrected chi connectivity index (χ4v) is 1.93. The third kappa shape index (κ3) is 6.16. The van der Waals surface area contributed by atoms with Gasteiger partial charge in [0.25, 0.3) is 0 Å². The van der Waals surface area contributed by atoms with Crippen LogP contribution in [0.4, 0.5) is 0 Å². The number of halogens is 1. The first-order chi connectivity index (χ1) is 9.78. The molecule has 2 heterocycles. The molecule has 21 heavy (non-hydrogen) atoms. The molecule has 114 valence electrons. The average molecular weight is 399 g/mol. The summed E-state index contributed by atoms with van der Waals surface area (Å²) in [6.07, 6.45) is 6.83. The van der Waals surface area contributed by atoms with Crippen LogP contribution >= 0.6 is 24.0 Å². The number of guanidine groups is 1. The van der Waals surface area contributed by atoms with E-state index in [4.69, 9.17) is 0 Å². The molecule has 0 aliphatic carbocycles. The van der Waals surface area contributed by atoms with Gasteiger partial charge in [0.15, 0.2) is 5.96 Å². The standard InChI is InChI=1S/C15H21N5.HI/c1-16-15(19-11-13-7-10-20(2)12-13)18-9-6-14-5-3-4-8-17-14;/h3-5,7-8,10,12H,6,9,11H2,1-2H3,(H2,16,18,19);1H. The Morgan fingerprint density at radius 1 is 1.29 bits per heavy atom. The van der Waals surface area contributed by atoms with Crippen molar-refractivity contribution in [3.8, 4) is 0 Å². The molecule has 2 N–H and O–H groups in total. The average Bonchev–Trinajstić information content (AvgIpc) is 2.89. The first kappa shape index (κ1) is 17.5. The summed E-state index contributed by atoms with van der Waals surface area (Å²) in [5.74, 6) is 0.810. The largest absolute Gasteiger partial charge is 0.357 e. The summed E-state index contributed by atoms with van der Waals surface area (Å²) in [5.41, 5.74) is 2.32. The van der Waals surface area contributed by atoms with Crippen molar-refractivity contribution < 1.29 is 0 Å². The summed E-state index contributed by atoms with van der Waals surface area (Å²) < 4.78 is 2.04. The summed E-state index contributed by atoms with van der Waals surface area (Å²) in [6, 6.07) is 8.05. The molecular weight excluding hydrogens is 377 g/mol. The Morgan fingerprint density at radius 3 is 2.76 bits per heavy atom. The van der Waals surface area contributed by atoms with Crippen molar-refractivity contribution in [3.05, 3.63) is 54.1 Å². The molecule has 6 heteroatoms. The van der Waals surface area contributed by atoms with Crippen molar-refractivity contribution in [2.24, 2.45) is 12.0 Å². The number of nitrogens with zero attached hydrogens (tertiary/aromatic N) is 3. The number of pyridine rings is 1. The van der Waals surface area contributed by atoms with Crippen LogP contribution in [0.3, 0.4) is 0 Å². The quantitative estimate of drug-likeness (QED) is 0.459. The van der Waals surface area contributed by atoms with Gasteiger partial charge in [-0.1, -0.05) is 6.07 Å². The van der Waals surface area contributed by atoms with Crippen molar-refractivity contribution in [1.82, 2.24) is 20.2 Å². The minimum Gasteiger partial charge on any atom is -0.357 e.